The summed E-state index contributed by atoms with van der Waals surface area (Å²) in [6, 6.07) is 0. The summed E-state index contributed by atoms with van der Waals surface area (Å²) in [7, 11) is 0. The van der Waals surface area contributed by atoms with Gasteiger partial charge in [0.15, 0.2) is 0 Å². The maximum Gasteiger partial charge on any atom is -0.00152 e. The van der Waals surface area contributed by atoms with E-state index in [2.05, 4.69) is 33.0 Å². The second-order valence-electron chi connectivity index (χ2n) is 8.30. The lowest BCUT2D eigenvalue weighted by molar-refractivity contribution is 0.0748. The fourth-order valence-electron chi connectivity index (χ4n) is 4.75. The summed E-state index contributed by atoms with van der Waals surface area (Å²) in [5.41, 5.74) is 1.21. The van der Waals surface area contributed by atoms with E-state index in [1.807, 2.05) is 0 Å². The molecule has 1 N–H and O–H groups in total. The molecule has 3 unspecified atom stereocenters. The van der Waals surface area contributed by atoms with Gasteiger partial charge in [0.25, 0.3) is 0 Å². The van der Waals surface area contributed by atoms with Crippen LogP contribution in [0.3, 0.4) is 0 Å². The standard InChI is InChI=1S/C18H35N/c1-5-7-16-14-19-13-12-18(16)10-6-8-15(9-11-18)17(2,3)4/h15-16,19H,5-14H2,1-4H3. The van der Waals surface area contributed by atoms with E-state index in [0.717, 1.165) is 11.8 Å². The molecule has 0 aromatic heterocycles. The van der Waals surface area contributed by atoms with Gasteiger partial charge in [-0.25, -0.2) is 0 Å². The highest BCUT2D eigenvalue weighted by Gasteiger charge is 2.42. The lowest BCUT2D eigenvalue weighted by Gasteiger charge is -2.45. The molecule has 3 atom stereocenters. The van der Waals surface area contributed by atoms with Crippen LogP contribution in [0.15, 0.2) is 0 Å². The second-order valence-corrected chi connectivity index (χ2v) is 8.30. The number of rotatable bonds is 2. The average Bonchev–Trinajstić information content (AvgIpc) is 2.56. The van der Waals surface area contributed by atoms with Crippen LogP contribution in [0.4, 0.5) is 0 Å². The van der Waals surface area contributed by atoms with Gasteiger partial charge >= 0.3 is 0 Å². The third-order valence-corrected chi connectivity index (χ3v) is 6.14. The van der Waals surface area contributed by atoms with Crippen molar-refractivity contribution >= 4 is 0 Å². The summed E-state index contributed by atoms with van der Waals surface area (Å²) in [6.07, 6.45) is 11.7. The summed E-state index contributed by atoms with van der Waals surface area (Å²) in [5.74, 6) is 1.90. The molecular formula is C18H35N. The molecule has 112 valence electrons. The van der Waals surface area contributed by atoms with Crippen LogP contribution in [0.5, 0.6) is 0 Å². The molecule has 1 saturated carbocycles. The summed E-state index contributed by atoms with van der Waals surface area (Å²) < 4.78 is 0. The van der Waals surface area contributed by atoms with Crippen molar-refractivity contribution in [3.05, 3.63) is 0 Å². The Balaban J connectivity index is 2.06. The molecule has 1 aliphatic heterocycles. The zero-order valence-electron chi connectivity index (χ0n) is 13.7. The van der Waals surface area contributed by atoms with Crippen LogP contribution in [0.25, 0.3) is 0 Å². The highest BCUT2D eigenvalue weighted by atomic mass is 14.9. The van der Waals surface area contributed by atoms with Gasteiger partial charge < -0.3 is 5.32 Å². The largest absolute Gasteiger partial charge is 0.316 e. The van der Waals surface area contributed by atoms with Gasteiger partial charge in [-0.15, -0.1) is 0 Å². The molecule has 0 aromatic carbocycles. The number of nitrogens with one attached hydrogen (secondary N) is 1. The summed E-state index contributed by atoms with van der Waals surface area (Å²) in [5, 5.41) is 3.65. The van der Waals surface area contributed by atoms with Crippen LogP contribution in [0, 0.1) is 22.7 Å². The molecule has 19 heavy (non-hydrogen) atoms. The maximum absolute atomic E-state index is 3.65. The Labute approximate surface area is 120 Å². The average molecular weight is 265 g/mol. The Kier molecular flexibility index (Phi) is 4.98. The van der Waals surface area contributed by atoms with Gasteiger partial charge in [-0.3, -0.25) is 0 Å². The molecule has 0 radical (unpaired) electrons. The van der Waals surface area contributed by atoms with Gasteiger partial charge in [0.05, 0.1) is 0 Å². The predicted octanol–water partition coefficient (Wildman–Crippen LogP) is 5.01. The van der Waals surface area contributed by atoms with Gasteiger partial charge in [-0.2, -0.15) is 0 Å². The molecule has 1 heterocycles. The van der Waals surface area contributed by atoms with Crippen LogP contribution in [-0.2, 0) is 0 Å². The molecular weight excluding hydrogens is 230 g/mol. The van der Waals surface area contributed by atoms with Crippen molar-refractivity contribution in [3.63, 3.8) is 0 Å². The minimum absolute atomic E-state index is 0.513. The van der Waals surface area contributed by atoms with E-state index in [1.54, 1.807) is 0 Å². The zero-order chi connectivity index (χ0) is 13.9. The van der Waals surface area contributed by atoms with Crippen LogP contribution in [0.2, 0.25) is 0 Å². The first-order chi connectivity index (χ1) is 8.98. The van der Waals surface area contributed by atoms with Crippen molar-refractivity contribution in [3.8, 4) is 0 Å². The first-order valence-electron chi connectivity index (χ1n) is 8.69. The van der Waals surface area contributed by atoms with Gasteiger partial charge in [0.1, 0.15) is 0 Å². The molecule has 2 aliphatic rings. The van der Waals surface area contributed by atoms with E-state index in [4.69, 9.17) is 0 Å². The molecule has 2 fully saturated rings. The highest BCUT2D eigenvalue weighted by molar-refractivity contribution is 4.94. The van der Waals surface area contributed by atoms with E-state index in [-0.39, 0.29) is 0 Å². The van der Waals surface area contributed by atoms with E-state index in [0.29, 0.717) is 10.8 Å². The molecule has 0 aromatic rings. The molecule has 1 spiro atoms. The van der Waals surface area contributed by atoms with Gasteiger partial charge in [-0.1, -0.05) is 40.5 Å². The second kappa shape index (κ2) is 6.16. The molecule has 0 bridgehead atoms. The summed E-state index contributed by atoms with van der Waals surface area (Å²) in [4.78, 5) is 0. The smallest absolute Gasteiger partial charge is 0.00152 e. The van der Waals surface area contributed by atoms with Crippen molar-refractivity contribution in [2.75, 3.05) is 13.1 Å². The number of piperidine rings is 1. The number of hydrogen-bond acceptors (Lipinski definition) is 1. The monoisotopic (exact) mass is 265 g/mol. The normalized spacial score (nSPS) is 37.3. The Hall–Kier alpha value is -0.0400. The minimum Gasteiger partial charge on any atom is -0.316 e. The first kappa shape index (κ1) is 15.4. The molecule has 1 nitrogen and oxygen atoms in total. The zero-order valence-corrected chi connectivity index (χ0v) is 13.7. The molecule has 2 rings (SSSR count). The van der Waals surface area contributed by atoms with Gasteiger partial charge in [0.2, 0.25) is 0 Å². The van der Waals surface area contributed by atoms with Crippen molar-refractivity contribution in [1.29, 1.82) is 0 Å². The topological polar surface area (TPSA) is 12.0 Å². The van der Waals surface area contributed by atoms with Crippen LogP contribution >= 0.6 is 0 Å². The van der Waals surface area contributed by atoms with Crippen LogP contribution in [0.1, 0.15) is 79.1 Å². The third kappa shape index (κ3) is 3.54. The van der Waals surface area contributed by atoms with Crippen molar-refractivity contribution < 1.29 is 0 Å². The van der Waals surface area contributed by atoms with Gasteiger partial charge in [-0.05, 0) is 74.3 Å². The molecule has 1 heteroatoms. The van der Waals surface area contributed by atoms with Crippen LogP contribution < -0.4 is 5.32 Å². The minimum atomic E-state index is 0.513. The highest BCUT2D eigenvalue weighted by Crippen LogP contribution is 2.50. The Morgan fingerprint density at radius 1 is 1.11 bits per heavy atom. The Bertz CT molecular complexity index is 276. The lowest BCUT2D eigenvalue weighted by Crippen LogP contribution is -2.45. The van der Waals surface area contributed by atoms with Crippen molar-refractivity contribution in [2.45, 2.75) is 79.1 Å². The molecule has 1 saturated heterocycles. The van der Waals surface area contributed by atoms with E-state index < -0.39 is 0 Å². The van der Waals surface area contributed by atoms with E-state index >= 15 is 0 Å². The fourth-order valence-corrected chi connectivity index (χ4v) is 4.75. The number of hydrogen-bond donors (Lipinski definition) is 1. The summed E-state index contributed by atoms with van der Waals surface area (Å²) >= 11 is 0. The summed E-state index contributed by atoms with van der Waals surface area (Å²) in [6.45, 7) is 12.2. The van der Waals surface area contributed by atoms with Crippen molar-refractivity contribution in [1.82, 2.24) is 5.32 Å². The quantitative estimate of drug-likeness (QED) is 0.740. The maximum atomic E-state index is 3.65. The van der Waals surface area contributed by atoms with Crippen LogP contribution in [-0.4, -0.2) is 13.1 Å². The fraction of sp³-hybridized carbons (Fsp3) is 1.00. The van der Waals surface area contributed by atoms with Crippen molar-refractivity contribution in [2.24, 2.45) is 22.7 Å². The Morgan fingerprint density at radius 2 is 1.89 bits per heavy atom. The SMILES string of the molecule is CCCC1CNCCC12CCCC(C(C)(C)C)CC2. The third-order valence-electron chi connectivity index (χ3n) is 6.14. The lowest BCUT2D eigenvalue weighted by atomic mass is 9.64. The first-order valence-corrected chi connectivity index (χ1v) is 8.69. The Morgan fingerprint density at radius 3 is 2.58 bits per heavy atom. The van der Waals surface area contributed by atoms with E-state index in [9.17, 15) is 0 Å². The van der Waals surface area contributed by atoms with E-state index in [1.165, 1.54) is 64.5 Å². The van der Waals surface area contributed by atoms with Gasteiger partial charge in [0, 0.05) is 0 Å². The predicted molar refractivity (Wildman–Crippen MR) is 84.3 cm³/mol. The molecule has 1 aliphatic carbocycles. The molecule has 0 amide bonds.